The van der Waals surface area contributed by atoms with Crippen molar-refractivity contribution in [3.63, 3.8) is 0 Å². The van der Waals surface area contributed by atoms with Gasteiger partial charge in [-0.15, -0.1) is 6.58 Å². The Morgan fingerprint density at radius 1 is 1.28 bits per heavy atom. The lowest BCUT2D eigenvalue weighted by Crippen LogP contribution is -2.38. The Morgan fingerprint density at radius 2 is 2.14 bits per heavy atom. The van der Waals surface area contributed by atoms with Gasteiger partial charge >= 0.3 is 0 Å². The van der Waals surface area contributed by atoms with Crippen molar-refractivity contribution in [3.05, 3.63) is 59.7 Å². The van der Waals surface area contributed by atoms with Crippen LogP contribution in [0.25, 0.3) is 0 Å². The van der Waals surface area contributed by atoms with E-state index in [2.05, 4.69) is 22.9 Å². The van der Waals surface area contributed by atoms with Crippen molar-refractivity contribution in [1.29, 1.82) is 0 Å². The van der Waals surface area contributed by atoms with Gasteiger partial charge in [0.1, 0.15) is 0 Å². The number of piperidine rings is 1. The van der Waals surface area contributed by atoms with Crippen LogP contribution >= 0.6 is 0 Å². The maximum Gasteiger partial charge on any atom is 0.274 e. The molecule has 1 N–H and O–H groups in total. The molecule has 1 fully saturated rings. The van der Waals surface area contributed by atoms with Crippen molar-refractivity contribution in [3.8, 4) is 0 Å². The van der Waals surface area contributed by atoms with E-state index in [1.807, 2.05) is 34.0 Å². The summed E-state index contributed by atoms with van der Waals surface area (Å²) >= 11 is 0. The van der Waals surface area contributed by atoms with Crippen LogP contribution in [0.15, 0.2) is 37.1 Å². The van der Waals surface area contributed by atoms with E-state index < -0.39 is 0 Å². The summed E-state index contributed by atoms with van der Waals surface area (Å²) in [4.78, 5) is 19.6. The van der Waals surface area contributed by atoms with Crippen molar-refractivity contribution in [1.82, 2.24) is 25.0 Å². The average molecular weight is 394 g/mol. The molecule has 1 aliphatic heterocycles. The number of pyridine rings is 1. The number of amides is 1. The Bertz CT molecular complexity index is 838. The minimum absolute atomic E-state index is 0.109. The van der Waals surface area contributed by atoms with Gasteiger partial charge in [0, 0.05) is 55.2 Å². The molecule has 6 heteroatoms. The Labute approximate surface area is 173 Å². The van der Waals surface area contributed by atoms with Gasteiger partial charge in [0.05, 0.1) is 6.54 Å². The normalized spacial score (nSPS) is 19.0. The summed E-state index contributed by atoms with van der Waals surface area (Å²) < 4.78 is 1.99. The van der Waals surface area contributed by atoms with Crippen molar-refractivity contribution >= 4 is 5.91 Å². The number of carbonyl (C=O) groups excluding carboxylic acids is 1. The van der Waals surface area contributed by atoms with Gasteiger partial charge in [-0.05, 0) is 50.7 Å². The molecular formula is C23H31N5O. The smallest absolute Gasteiger partial charge is 0.274 e. The molecule has 29 heavy (non-hydrogen) atoms. The van der Waals surface area contributed by atoms with Crippen LogP contribution in [0.2, 0.25) is 0 Å². The molecule has 0 radical (unpaired) electrons. The molecule has 0 spiro atoms. The zero-order chi connectivity index (χ0) is 20.1. The number of likely N-dealkylation sites (tertiary alicyclic amines) is 1. The first-order valence-electron chi connectivity index (χ1n) is 10.9. The first-order valence-corrected chi connectivity index (χ1v) is 10.9. The first-order chi connectivity index (χ1) is 14.3. The molecule has 154 valence electrons. The summed E-state index contributed by atoms with van der Waals surface area (Å²) in [5.74, 6) is 0.109. The van der Waals surface area contributed by atoms with E-state index in [0.717, 1.165) is 69.4 Å². The monoisotopic (exact) mass is 393 g/mol. The molecule has 2 aromatic rings. The Morgan fingerprint density at radius 3 is 2.90 bits per heavy atom. The molecular weight excluding hydrogens is 362 g/mol. The summed E-state index contributed by atoms with van der Waals surface area (Å²) in [6.45, 7) is 7.12. The minimum Gasteiger partial charge on any atom is -0.337 e. The second-order valence-corrected chi connectivity index (χ2v) is 8.06. The number of carbonyl (C=O) groups is 1. The predicted octanol–water partition coefficient (Wildman–Crippen LogP) is 2.78. The maximum absolute atomic E-state index is 13.2. The van der Waals surface area contributed by atoms with Crippen LogP contribution in [0.3, 0.4) is 0 Å². The molecule has 0 aromatic carbocycles. The number of nitrogens with zero attached hydrogens (tertiary/aromatic N) is 4. The van der Waals surface area contributed by atoms with Gasteiger partial charge < -0.3 is 10.2 Å². The second kappa shape index (κ2) is 9.35. The summed E-state index contributed by atoms with van der Waals surface area (Å²) in [6, 6.07) is 6.42. The third-order valence-corrected chi connectivity index (χ3v) is 6.03. The summed E-state index contributed by atoms with van der Waals surface area (Å²) in [6.07, 6.45) is 10.9. The van der Waals surface area contributed by atoms with E-state index >= 15 is 0 Å². The largest absolute Gasteiger partial charge is 0.337 e. The van der Waals surface area contributed by atoms with E-state index in [0.29, 0.717) is 18.3 Å². The highest BCUT2D eigenvalue weighted by Gasteiger charge is 2.31. The van der Waals surface area contributed by atoms with E-state index in [9.17, 15) is 4.79 Å². The number of nitrogens with one attached hydrogen (secondary N) is 1. The molecule has 3 heterocycles. The van der Waals surface area contributed by atoms with Crippen LogP contribution in [0.5, 0.6) is 0 Å². The number of fused-ring (bicyclic) bond motifs is 1. The minimum atomic E-state index is 0.109. The van der Waals surface area contributed by atoms with Crippen LogP contribution in [0.4, 0.5) is 0 Å². The second-order valence-electron chi connectivity index (χ2n) is 8.06. The van der Waals surface area contributed by atoms with Gasteiger partial charge in [-0.25, -0.2) is 0 Å². The number of hydrogen-bond acceptors (Lipinski definition) is 4. The highest BCUT2D eigenvalue weighted by Crippen LogP contribution is 2.27. The van der Waals surface area contributed by atoms with Gasteiger partial charge in [0.25, 0.3) is 5.91 Å². The third kappa shape index (κ3) is 4.58. The molecule has 0 bridgehead atoms. The molecule has 6 nitrogen and oxygen atoms in total. The fraction of sp³-hybridized carbons (Fsp3) is 0.522. The Kier molecular flexibility index (Phi) is 6.39. The zero-order valence-electron chi connectivity index (χ0n) is 17.1. The SMILES string of the molecule is C=CCn1nc(C(=O)N2CCCCC2)c2c1CC[C@H](NCCc1ccccn1)C2. The van der Waals surface area contributed by atoms with Crippen LogP contribution < -0.4 is 5.32 Å². The first kappa shape index (κ1) is 19.8. The molecule has 0 saturated carbocycles. The molecule has 4 rings (SSSR count). The standard InChI is InChI=1S/C23H31N5O/c1-2-14-28-21-10-9-19(25-13-11-18-8-4-5-12-24-18)17-20(21)22(26-28)23(29)27-15-6-3-7-16-27/h2,4-5,8,12,19,25H,1,3,6-7,9-11,13-17H2/t19-/m0/s1. The van der Waals surface area contributed by atoms with Crippen LogP contribution in [-0.2, 0) is 25.8 Å². The van der Waals surface area contributed by atoms with Crippen LogP contribution in [0.1, 0.15) is 53.1 Å². The van der Waals surface area contributed by atoms with Crippen LogP contribution in [-0.4, -0.2) is 51.2 Å². The van der Waals surface area contributed by atoms with Crippen LogP contribution in [0, 0.1) is 0 Å². The number of allylic oxidation sites excluding steroid dienone is 1. The maximum atomic E-state index is 13.2. The lowest BCUT2D eigenvalue weighted by molar-refractivity contribution is 0.0716. The summed E-state index contributed by atoms with van der Waals surface area (Å²) in [5.41, 5.74) is 4.13. The van der Waals surface area contributed by atoms with E-state index in [1.165, 1.54) is 12.1 Å². The number of hydrogen-bond donors (Lipinski definition) is 1. The van der Waals surface area contributed by atoms with Gasteiger partial charge in [-0.2, -0.15) is 5.10 Å². The summed E-state index contributed by atoms with van der Waals surface area (Å²) in [7, 11) is 0. The number of rotatable bonds is 7. The average Bonchev–Trinajstić information content (AvgIpc) is 3.13. The topological polar surface area (TPSA) is 63.1 Å². The lowest BCUT2D eigenvalue weighted by atomic mass is 9.90. The third-order valence-electron chi connectivity index (χ3n) is 6.03. The van der Waals surface area contributed by atoms with Gasteiger partial charge in [0.15, 0.2) is 5.69 Å². The van der Waals surface area contributed by atoms with Crippen molar-refractivity contribution in [2.24, 2.45) is 0 Å². The Balaban J connectivity index is 1.46. The fourth-order valence-electron chi connectivity index (χ4n) is 4.50. The number of aromatic nitrogens is 3. The highest BCUT2D eigenvalue weighted by molar-refractivity contribution is 5.94. The zero-order valence-corrected chi connectivity index (χ0v) is 17.1. The molecule has 0 unspecified atom stereocenters. The van der Waals surface area contributed by atoms with Gasteiger partial charge in [-0.1, -0.05) is 12.1 Å². The van der Waals surface area contributed by atoms with E-state index in [1.54, 1.807) is 0 Å². The van der Waals surface area contributed by atoms with Gasteiger partial charge in [-0.3, -0.25) is 14.5 Å². The summed E-state index contributed by atoms with van der Waals surface area (Å²) in [5, 5.41) is 8.41. The molecule has 1 atom stereocenters. The van der Waals surface area contributed by atoms with E-state index in [-0.39, 0.29) is 5.91 Å². The van der Waals surface area contributed by atoms with Gasteiger partial charge in [0.2, 0.25) is 0 Å². The van der Waals surface area contributed by atoms with Crippen molar-refractivity contribution < 1.29 is 4.79 Å². The predicted molar refractivity (Wildman–Crippen MR) is 114 cm³/mol. The van der Waals surface area contributed by atoms with E-state index in [4.69, 9.17) is 5.10 Å². The van der Waals surface area contributed by atoms with Crippen molar-refractivity contribution in [2.75, 3.05) is 19.6 Å². The Hall–Kier alpha value is -2.47. The molecule has 2 aliphatic rings. The fourth-order valence-corrected chi connectivity index (χ4v) is 4.50. The molecule has 1 saturated heterocycles. The quantitative estimate of drug-likeness (QED) is 0.735. The lowest BCUT2D eigenvalue weighted by Gasteiger charge is -2.27. The molecule has 1 amide bonds. The molecule has 2 aromatic heterocycles. The highest BCUT2D eigenvalue weighted by atomic mass is 16.2. The van der Waals surface area contributed by atoms with Crippen molar-refractivity contribution in [2.45, 2.75) is 57.5 Å². The molecule has 1 aliphatic carbocycles.